The van der Waals surface area contributed by atoms with E-state index in [1.165, 1.54) is 25.0 Å². The fourth-order valence-corrected chi connectivity index (χ4v) is 7.71. The predicted octanol–water partition coefficient (Wildman–Crippen LogP) is 3.48. The van der Waals surface area contributed by atoms with Crippen LogP contribution >= 0.6 is 0 Å². The molecule has 0 bridgehead atoms. The Morgan fingerprint density at radius 1 is 1.00 bits per heavy atom. The molecule has 226 valence electrons. The maximum Gasteiger partial charge on any atom is 0.312 e. The van der Waals surface area contributed by atoms with Gasteiger partial charge >= 0.3 is 5.97 Å². The van der Waals surface area contributed by atoms with E-state index in [-0.39, 0.29) is 42.0 Å². The second-order valence-electron chi connectivity index (χ2n) is 12.6. The van der Waals surface area contributed by atoms with Crippen LogP contribution in [0.5, 0.6) is 0 Å². The molecule has 2 heterocycles. The Morgan fingerprint density at radius 3 is 2.34 bits per heavy atom. The second kappa shape index (κ2) is 13.6. The smallest absolute Gasteiger partial charge is 0.312 e. The number of nitrogens with one attached hydrogen (secondary N) is 3. The summed E-state index contributed by atoms with van der Waals surface area (Å²) < 4.78 is 19.2. The topological polar surface area (TPSA) is 99.8 Å². The number of carbonyl (C=O) groups is 3. The van der Waals surface area contributed by atoms with Crippen LogP contribution in [0.2, 0.25) is 0 Å². The van der Waals surface area contributed by atoms with E-state index in [1.807, 2.05) is 6.92 Å². The molecular formula is C32H47FN4O4. The second-order valence-corrected chi connectivity index (χ2v) is 12.6. The Morgan fingerprint density at radius 2 is 1.66 bits per heavy atom. The van der Waals surface area contributed by atoms with E-state index in [9.17, 15) is 18.8 Å². The average molecular weight is 571 g/mol. The van der Waals surface area contributed by atoms with Crippen LogP contribution < -0.4 is 16.0 Å². The molecule has 1 aromatic rings. The molecule has 5 rings (SSSR count). The molecule has 4 aliphatic rings. The Bertz CT molecular complexity index is 1050. The van der Waals surface area contributed by atoms with Gasteiger partial charge in [0.1, 0.15) is 11.9 Å². The van der Waals surface area contributed by atoms with E-state index < -0.39 is 17.5 Å². The van der Waals surface area contributed by atoms with Gasteiger partial charge in [-0.25, -0.2) is 4.39 Å². The third kappa shape index (κ3) is 6.94. The van der Waals surface area contributed by atoms with Gasteiger partial charge < -0.3 is 25.6 Å². The zero-order chi connectivity index (χ0) is 28.8. The van der Waals surface area contributed by atoms with Crippen LogP contribution in [-0.2, 0) is 25.5 Å². The van der Waals surface area contributed by atoms with E-state index in [0.29, 0.717) is 45.1 Å². The number of nitrogens with zero attached hydrogens (tertiary/aromatic N) is 1. The van der Waals surface area contributed by atoms with Gasteiger partial charge in [0.2, 0.25) is 11.8 Å². The standard InChI is InChI=1S/C32H47FN4O4/c1-2-41-31(40)32(23-8-4-3-5-9-23)16-18-37(19-17-32)30(39)27(20-22-12-14-24(33)15-13-22)36-29(38)28-21-34-25-10-6-7-11-26(25)35-28/h12-15,23,25-28,34-35H,2-11,16-21H2,1H3,(H,36,38)/t25-,26+,27-,28?/m1/s1. The van der Waals surface area contributed by atoms with Gasteiger partial charge in [0.05, 0.1) is 18.1 Å². The number of hydrogen-bond acceptors (Lipinski definition) is 6. The van der Waals surface area contributed by atoms with Crippen LogP contribution in [0, 0.1) is 17.2 Å². The maximum atomic E-state index is 14.0. The number of halogens is 1. The van der Waals surface area contributed by atoms with E-state index in [2.05, 4.69) is 16.0 Å². The number of rotatable bonds is 8. The summed E-state index contributed by atoms with van der Waals surface area (Å²) in [6.45, 7) is 3.64. The van der Waals surface area contributed by atoms with Crippen molar-refractivity contribution in [3.05, 3.63) is 35.6 Å². The molecule has 2 saturated carbocycles. The van der Waals surface area contributed by atoms with Crippen LogP contribution in [0.15, 0.2) is 24.3 Å². The number of ether oxygens (including phenoxy) is 1. The van der Waals surface area contributed by atoms with Crippen molar-refractivity contribution in [2.75, 3.05) is 26.2 Å². The fourth-order valence-electron chi connectivity index (χ4n) is 7.71. The molecule has 4 fully saturated rings. The van der Waals surface area contributed by atoms with Crippen LogP contribution in [0.25, 0.3) is 0 Å². The lowest BCUT2D eigenvalue weighted by molar-refractivity contribution is -0.166. The van der Waals surface area contributed by atoms with Gasteiger partial charge in [-0.2, -0.15) is 0 Å². The largest absolute Gasteiger partial charge is 0.466 e. The first-order chi connectivity index (χ1) is 19.9. The summed E-state index contributed by atoms with van der Waals surface area (Å²) >= 11 is 0. The first-order valence-electron chi connectivity index (χ1n) is 15.9. The van der Waals surface area contributed by atoms with Crippen molar-refractivity contribution in [3.63, 3.8) is 0 Å². The van der Waals surface area contributed by atoms with Gasteiger partial charge in [0, 0.05) is 38.1 Å². The molecule has 3 N–H and O–H groups in total. The summed E-state index contributed by atoms with van der Waals surface area (Å²) in [7, 11) is 0. The molecule has 2 aliphatic carbocycles. The molecule has 2 aliphatic heterocycles. The highest BCUT2D eigenvalue weighted by molar-refractivity contribution is 5.90. The van der Waals surface area contributed by atoms with Crippen LogP contribution in [0.3, 0.4) is 0 Å². The van der Waals surface area contributed by atoms with Crippen molar-refractivity contribution in [2.45, 2.75) is 108 Å². The predicted molar refractivity (Wildman–Crippen MR) is 154 cm³/mol. The lowest BCUT2D eigenvalue weighted by Gasteiger charge is -2.46. The molecule has 2 saturated heterocycles. The zero-order valence-corrected chi connectivity index (χ0v) is 24.5. The number of fused-ring (bicyclic) bond motifs is 1. The molecule has 41 heavy (non-hydrogen) atoms. The molecule has 2 amide bonds. The number of likely N-dealkylation sites (tertiary alicyclic amines) is 1. The van der Waals surface area contributed by atoms with Gasteiger partial charge in [0.15, 0.2) is 0 Å². The average Bonchev–Trinajstić information content (AvgIpc) is 3.01. The van der Waals surface area contributed by atoms with E-state index in [0.717, 1.165) is 50.5 Å². The summed E-state index contributed by atoms with van der Waals surface area (Å²) in [5.74, 6) is -0.512. The quantitative estimate of drug-likeness (QED) is 0.414. The van der Waals surface area contributed by atoms with Gasteiger partial charge in [-0.1, -0.05) is 44.2 Å². The number of benzene rings is 1. The van der Waals surface area contributed by atoms with Gasteiger partial charge in [-0.15, -0.1) is 0 Å². The lowest BCUT2D eigenvalue weighted by atomic mass is 9.63. The van der Waals surface area contributed by atoms with Gasteiger partial charge in [-0.3, -0.25) is 14.4 Å². The molecule has 1 unspecified atom stereocenters. The Hall–Kier alpha value is -2.52. The minimum absolute atomic E-state index is 0.118. The molecule has 0 spiro atoms. The Labute approximate surface area is 243 Å². The molecule has 1 aromatic carbocycles. The fraction of sp³-hybridized carbons (Fsp3) is 0.719. The van der Waals surface area contributed by atoms with Crippen LogP contribution in [0.1, 0.15) is 83.1 Å². The van der Waals surface area contributed by atoms with Crippen molar-refractivity contribution in [1.29, 1.82) is 0 Å². The van der Waals surface area contributed by atoms with Crippen molar-refractivity contribution in [2.24, 2.45) is 11.3 Å². The highest BCUT2D eigenvalue weighted by Crippen LogP contribution is 2.47. The summed E-state index contributed by atoms with van der Waals surface area (Å²) in [6, 6.07) is 5.56. The van der Waals surface area contributed by atoms with E-state index in [4.69, 9.17) is 4.74 Å². The highest BCUT2D eigenvalue weighted by Gasteiger charge is 2.49. The first kappa shape index (κ1) is 30.0. The summed E-state index contributed by atoms with van der Waals surface area (Å²) in [5.41, 5.74) is 0.240. The number of piperazine rings is 1. The minimum Gasteiger partial charge on any atom is -0.466 e. The Kier molecular flexibility index (Phi) is 9.96. The number of hydrogen-bond donors (Lipinski definition) is 3. The van der Waals surface area contributed by atoms with Crippen molar-refractivity contribution in [3.8, 4) is 0 Å². The van der Waals surface area contributed by atoms with Gasteiger partial charge in [-0.05, 0) is 69.1 Å². The molecule has 8 nitrogen and oxygen atoms in total. The molecular weight excluding hydrogens is 523 g/mol. The number of piperidine rings is 1. The lowest BCUT2D eigenvalue weighted by Crippen LogP contribution is -2.66. The van der Waals surface area contributed by atoms with Crippen molar-refractivity contribution >= 4 is 17.8 Å². The minimum atomic E-state index is -0.774. The maximum absolute atomic E-state index is 14.0. The van der Waals surface area contributed by atoms with Gasteiger partial charge in [0.25, 0.3) is 0 Å². The molecule has 0 radical (unpaired) electrons. The molecule has 0 aromatic heterocycles. The zero-order valence-electron chi connectivity index (χ0n) is 24.5. The number of amides is 2. The van der Waals surface area contributed by atoms with E-state index in [1.54, 1.807) is 17.0 Å². The molecule has 9 heteroatoms. The third-order valence-electron chi connectivity index (χ3n) is 10.1. The first-order valence-corrected chi connectivity index (χ1v) is 15.9. The van der Waals surface area contributed by atoms with Crippen LogP contribution in [0.4, 0.5) is 4.39 Å². The number of carbonyl (C=O) groups excluding carboxylic acids is 3. The normalized spacial score (nSPS) is 27.4. The van der Waals surface area contributed by atoms with Crippen molar-refractivity contribution < 1.29 is 23.5 Å². The number of esters is 1. The third-order valence-corrected chi connectivity index (χ3v) is 10.1. The molecule has 4 atom stereocenters. The summed E-state index contributed by atoms with van der Waals surface area (Å²) in [4.78, 5) is 42.6. The van der Waals surface area contributed by atoms with Crippen molar-refractivity contribution in [1.82, 2.24) is 20.9 Å². The summed E-state index contributed by atoms with van der Waals surface area (Å²) in [5, 5.41) is 10.1. The summed E-state index contributed by atoms with van der Waals surface area (Å²) in [6.07, 6.45) is 11.5. The van der Waals surface area contributed by atoms with Crippen LogP contribution in [-0.4, -0.2) is 73.1 Å². The highest BCUT2D eigenvalue weighted by atomic mass is 19.1. The Balaban J connectivity index is 1.28. The monoisotopic (exact) mass is 570 g/mol. The SMILES string of the molecule is CCOC(=O)C1(C2CCCCC2)CCN(C(=O)[C@@H](Cc2ccc(F)cc2)NC(=O)C2CN[C@@H]3CCCC[C@@H]3N2)CC1. The van der Waals surface area contributed by atoms with E-state index >= 15 is 0 Å².